The summed E-state index contributed by atoms with van der Waals surface area (Å²) in [5.41, 5.74) is 5.37. The first kappa shape index (κ1) is 22.5. The summed E-state index contributed by atoms with van der Waals surface area (Å²) in [5.74, 6) is 0.0525. The molecule has 0 aliphatic heterocycles. The van der Waals surface area contributed by atoms with E-state index in [4.69, 9.17) is 0 Å². The molecule has 2 heteroatoms. The predicted octanol–water partition coefficient (Wildman–Crippen LogP) is 6.33. The van der Waals surface area contributed by atoms with Crippen molar-refractivity contribution >= 4 is 5.91 Å². The molecule has 166 valence electrons. The highest BCUT2D eigenvalue weighted by Gasteiger charge is 2.38. The number of carbonyl (C=O) groups is 1. The molecule has 4 rings (SSSR count). The second kappa shape index (κ2) is 10.8. The summed E-state index contributed by atoms with van der Waals surface area (Å²) in [6, 6.07) is 39.8. The van der Waals surface area contributed by atoms with Gasteiger partial charge in [0.1, 0.15) is 0 Å². The van der Waals surface area contributed by atoms with Crippen molar-refractivity contribution < 1.29 is 4.79 Å². The zero-order valence-corrected chi connectivity index (χ0v) is 19.2. The smallest absolute Gasteiger partial charge is 0.221 e. The largest absolute Gasteiger partial charge is 0.356 e. The van der Waals surface area contributed by atoms with Gasteiger partial charge >= 0.3 is 0 Å². The van der Waals surface area contributed by atoms with Crippen LogP contribution < -0.4 is 5.32 Å². The van der Waals surface area contributed by atoms with Crippen LogP contribution in [-0.4, -0.2) is 12.5 Å². The molecule has 4 aromatic carbocycles. The van der Waals surface area contributed by atoms with Crippen LogP contribution in [0.25, 0.3) is 0 Å². The number of carbonyl (C=O) groups excluding carboxylic acids is 1. The molecule has 0 saturated carbocycles. The Bertz CT molecular complexity index is 1040. The molecule has 0 aromatic heterocycles. The van der Waals surface area contributed by atoms with Crippen LogP contribution in [-0.2, 0) is 23.1 Å². The van der Waals surface area contributed by atoms with E-state index in [1.54, 1.807) is 0 Å². The molecule has 0 fully saturated rings. The number of rotatable bonds is 9. The van der Waals surface area contributed by atoms with Gasteiger partial charge in [-0.1, -0.05) is 122 Å². The van der Waals surface area contributed by atoms with Crippen LogP contribution in [0.15, 0.2) is 115 Å². The monoisotopic (exact) mass is 433 g/mol. The molecule has 0 heterocycles. The quantitative estimate of drug-likeness (QED) is 0.307. The number of benzene rings is 4. The fourth-order valence-electron chi connectivity index (χ4n) is 4.57. The fraction of sp³-hybridized carbons (Fsp3) is 0.194. The first-order valence-electron chi connectivity index (χ1n) is 11.7. The number of hydrogen-bond acceptors (Lipinski definition) is 1. The second-order valence-corrected chi connectivity index (χ2v) is 8.45. The van der Waals surface area contributed by atoms with Crippen molar-refractivity contribution in [1.82, 2.24) is 5.32 Å². The summed E-state index contributed by atoms with van der Waals surface area (Å²) in [6.45, 7) is 2.78. The topological polar surface area (TPSA) is 29.1 Å². The molecular weight excluding hydrogens is 402 g/mol. The lowest BCUT2D eigenvalue weighted by Crippen LogP contribution is -2.37. The summed E-state index contributed by atoms with van der Waals surface area (Å²) in [7, 11) is 0. The van der Waals surface area contributed by atoms with E-state index in [9.17, 15) is 4.79 Å². The van der Waals surface area contributed by atoms with Crippen molar-refractivity contribution in [2.75, 3.05) is 6.54 Å². The van der Waals surface area contributed by atoms with Gasteiger partial charge in [-0.05, 0) is 40.7 Å². The molecule has 1 amide bonds. The number of nitrogens with one attached hydrogen (secondary N) is 1. The van der Waals surface area contributed by atoms with E-state index >= 15 is 0 Å². The Morgan fingerprint density at radius 2 is 1.06 bits per heavy atom. The molecule has 0 spiro atoms. The van der Waals surface area contributed by atoms with E-state index in [2.05, 4.69) is 72.9 Å². The lowest BCUT2D eigenvalue weighted by Gasteiger charge is -2.35. The van der Waals surface area contributed by atoms with Gasteiger partial charge < -0.3 is 5.32 Å². The van der Waals surface area contributed by atoms with Gasteiger partial charge in [-0.25, -0.2) is 0 Å². The summed E-state index contributed by atoms with van der Waals surface area (Å²) >= 11 is 0. The summed E-state index contributed by atoms with van der Waals surface area (Å²) in [6.07, 6.45) is 2.21. The SMILES string of the molecule is CCc1ccc(CCNC(=O)CC(c2ccccc2)(c2ccccc2)c2ccccc2)cc1. The maximum Gasteiger partial charge on any atom is 0.221 e. The Balaban J connectivity index is 1.61. The molecule has 1 N–H and O–H groups in total. The lowest BCUT2D eigenvalue weighted by atomic mass is 9.67. The minimum atomic E-state index is -0.559. The molecule has 0 saturated heterocycles. The standard InChI is InChI=1S/C31H31NO/c1-2-25-18-20-26(21-19-25)22-23-32-30(33)24-31(27-12-6-3-7-13-27,28-14-8-4-9-15-28)29-16-10-5-11-17-29/h3-21H,2,22-24H2,1H3,(H,32,33). The molecule has 33 heavy (non-hydrogen) atoms. The van der Waals surface area contributed by atoms with Gasteiger partial charge in [0.05, 0.1) is 5.41 Å². The molecule has 0 aliphatic rings. The molecular formula is C31H31NO. The first-order chi connectivity index (χ1) is 16.2. The lowest BCUT2D eigenvalue weighted by molar-refractivity contribution is -0.121. The first-order valence-corrected chi connectivity index (χ1v) is 11.7. The van der Waals surface area contributed by atoms with Gasteiger partial charge in [0, 0.05) is 13.0 Å². The van der Waals surface area contributed by atoms with E-state index in [-0.39, 0.29) is 5.91 Å². The predicted molar refractivity (Wildman–Crippen MR) is 136 cm³/mol. The minimum Gasteiger partial charge on any atom is -0.356 e. The number of aryl methyl sites for hydroxylation is 1. The van der Waals surface area contributed by atoms with Gasteiger partial charge in [-0.15, -0.1) is 0 Å². The van der Waals surface area contributed by atoms with Crippen molar-refractivity contribution in [3.8, 4) is 0 Å². The summed E-state index contributed by atoms with van der Waals surface area (Å²) < 4.78 is 0. The van der Waals surface area contributed by atoms with Crippen LogP contribution in [0.2, 0.25) is 0 Å². The minimum absolute atomic E-state index is 0.0525. The highest BCUT2D eigenvalue weighted by Crippen LogP contribution is 2.42. The van der Waals surface area contributed by atoms with Gasteiger partial charge in [0.2, 0.25) is 5.91 Å². The van der Waals surface area contributed by atoms with E-state index in [1.807, 2.05) is 54.6 Å². The van der Waals surface area contributed by atoms with Crippen LogP contribution >= 0.6 is 0 Å². The van der Waals surface area contributed by atoms with E-state index in [1.165, 1.54) is 11.1 Å². The molecule has 0 aliphatic carbocycles. The average Bonchev–Trinajstić information content (AvgIpc) is 2.89. The second-order valence-electron chi connectivity index (χ2n) is 8.45. The van der Waals surface area contributed by atoms with Crippen LogP contribution in [0.1, 0.15) is 41.2 Å². The van der Waals surface area contributed by atoms with E-state index in [0.717, 1.165) is 29.5 Å². The molecule has 0 unspecified atom stereocenters. The Kier molecular flexibility index (Phi) is 7.36. The van der Waals surface area contributed by atoms with Crippen LogP contribution in [0, 0.1) is 0 Å². The number of amides is 1. The average molecular weight is 434 g/mol. The Morgan fingerprint density at radius 3 is 1.48 bits per heavy atom. The van der Waals surface area contributed by atoms with Crippen molar-refractivity contribution in [2.45, 2.75) is 31.6 Å². The summed E-state index contributed by atoms with van der Waals surface area (Å²) in [4.78, 5) is 13.4. The Labute approximate surface area is 197 Å². The third kappa shape index (κ3) is 5.23. The van der Waals surface area contributed by atoms with E-state index < -0.39 is 5.41 Å². The molecule has 2 nitrogen and oxygen atoms in total. The van der Waals surface area contributed by atoms with Crippen molar-refractivity contribution in [3.05, 3.63) is 143 Å². The molecule has 0 radical (unpaired) electrons. The van der Waals surface area contributed by atoms with Crippen molar-refractivity contribution in [2.24, 2.45) is 0 Å². The highest BCUT2D eigenvalue weighted by molar-refractivity contribution is 5.80. The molecule has 4 aromatic rings. The Hall–Kier alpha value is -3.65. The molecule has 0 bridgehead atoms. The normalized spacial score (nSPS) is 11.2. The third-order valence-electron chi connectivity index (χ3n) is 6.39. The van der Waals surface area contributed by atoms with Gasteiger partial charge in [0.25, 0.3) is 0 Å². The van der Waals surface area contributed by atoms with Gasteiger partial charge in [0.15, 0.2) is 0 Å². The van der Waals surface area contributed by atoms with Gasteiger partial charge in [-0.2, -0.15) is 0 Å². The van der Waals surface area contributed by atoms with Crippen molar-refractivity contribution in [3.63, 3.8) is 0 Å². The fourth-order valence-corrected chi connectivity index (χ4v) is 4.57. The number of hydrogen-bond donors (Lipinski definition) is 1. The third-order valence-corrected chi connectivity index (χ3v) is 6.39. The zero-order valence-electron chi connectivity index (χ0n) is 19.2. The highest BCUT2D eigenvalue weighted by atomic mass is 16.1. The zero-order chi connectivity index (χ0) is 22.9. The van der Waals surface area contributed by atoms with Crippen LogP contribution in [0.3, 0.4) is 0 Å². The maximum atomic E-state index is 13.4. The van der Waals surface area contributed by atoms with Crippen molar-refractivity contribution in [1.29, 1.82) is 0 Å². The van der Waals surface area contributed by atoms with Crippen LogP contribution in [0.4, 0.5) is 0 Å². The maximum absolute atomic E-state index is 13.4. The van der Waals surface area contributed by atoms with E-state index in [0.29, 0.717) is 13.0 Å². The Morgan fingerprint density at radius 1 is 0.636 bits per heavy atom. The molecule has 0 atom stereocenters. The summed E-state index contributed by atoms with van der Waals surface area (Å²) in [5, 5.41) is 3.19. The van der Waals surface area contributed by atoms with Crippen LogP contribution in [0.5, 0.6) is 0 Å². The van der Waals surface area contributed by atoms with Gasteiger partial charge in [-0.3, -0.25) is 4.79 Å².